The minimum atomic E-state index is -0.477. The third-order valence-electron chi connectivity index (χ3n) is 4.39. The van der Waals surface area contributed by atoms with Gasteiger partial charge in [-0.1, -0.05) is 0 Å². The molecule has 0 bridgehead atoms. The molecule has 25 heavy (non-hydrogen) atoms. The van der Waals surface area contributed by atoms with E-state index in [0.717, 1.165) is 32.8 Å². The number of aromatic nitrogens is 2. The number of aryl methyl sites for hydroxylation is 1. The molecule has 0 radical (unpaired) electrons. The van der Waals surface area contributed by atoms with Gasteiger partial charge in [0.1, 0.15) is 31.9 Å². The lowest BCUT2D eigenvalue weighted by Crippen LogP contribution is -3.14. The normalized spacial score (nSPS) is 19.0. The van der Waals surface area contributed by atoms with E-state index in [2.05, 4.69) is 9.97 Å². The molecule has 2 saturated heterocycles. The molecule has 0 spiro atoms. The van der Waals surface area contributed by atoms with Crippen LogP contribution in [-0.2, 0) is 9.47 Å². The molecule has 0 atom stereocenters. The second kappa shape index (κ2) is 8.37. The van der Waals surface area contributed by atoms with Gasteiger partial charge in [0.05, 0.1) is 31.4 Å². The molecule has 138 valence electrons. The van der Waals surface area contributed by atoms with Gasteiger partial charge in [0.2, 0.25) is 5.95 Å². The first-order valence-corrected chi connectivity index (χ1v) is 8.55. The summed E-state index contributed by atoms with van der Waals surface area (Å²) in [6.07, 6.45) is 0. The van der Waals surface area contributed by atoms with Crippen molar-refractivity contribution >= 4 is 11.6 Å². The van der Waals surface area contributed by atoms with E-state index in [0.29, 0.717) is 44.6 Å². The number of rotatable bonds is 6. The van der Waals surface area contributed by atoms with E-state index in [4.69, 9.17) is 14.2 Å². The maximum absolute atomic E-state index is 11.4. The number of quaternary nitrogens is 1. The molecule has 0 amide bonds. The van der Waals surface area contributed by atoms with Gasteiger partial charge in [-0.25, -0.2) is 4.98 Å². The van der Waals surface area contributed by atoms with E-state index >= 15 is 0 Å². The van der Waals surface area contributed by atoms with Crippen molar-refractivity contribution < 1.29 is 24.0 Å². The fraction of sp³-hybridized carbons (Fsp3) is 0.733. The molecule has 2 aliphatic heterocycles. The fourth-order valence-corrected chi connectivity index (χ4v) is 2.94. The standard InChI is InChI=1S/C15H23N5O5/c1-12-13(20(21)22)14(25-11-4-18-2-7-23-8-3-18)17-15(16-12)19-5-9-24-10-6-19/h2-11H2,1H3/p+1. The van der Waals surface area contributed by atoms with Gasteiger partial charge in [0, 0.05) is 13.1 Å². The molecule has 1 aromatic heterocycles. The molecule has 10 heteroatoms. The van der Waals surface area contributed by atoms with Crippen LogP contribution >= 0.6 is 0 Å². The van der Waals surface area contributed by atoms with Gasteiger partial charge in [-0.05, 0) is 6.92 Å². The van der Waals surface area contributed by atoms with E-state index in [1.54, 1.807) is 6.92 Å². The summed E-state index contributed by atoms with van der Waals surface area (Å²) in [5.41, 5.74) is 0.157. The molecule has 0 aromatic carbocycles. The van der Waals surface area contributed by atoms with Gasteiger partial charge in [0.25, 0.3) is 5.88 Å². The predicted molar refractivity (Wildman–Crippen MR) is 88.3 cm³/mol. The highest BCUT2D eigenvalue weighted by Crippen LogP contribution is 2.29. The Morgan fingerprint density at radius 2 is 1.88 bits per heavy atom. The fourth-order valence-electron chi connectivity index (χ4n) is 2.94. The summed E-state index contributed by atoms with van der Waals surface area (Å²) < 4.78 is 16.4. The summed E-state index contributed by atoms with van der Waals surface area (Å²) in [7, 11) is 0. The van der Waals surface area contributed by atoms with Crippen LogP contribution in [0.3, 0.4) is 0 Å². The second-order valence-electron chi connectivity index (χ2n) is 6.08. The number of morpholine rings is 2. The van der Waals surface area contributed by atoms with Gasteiger partial charge in [-0.15, -0.1) is 0 Å². The maximum Gasteiger partial charge on any atom is 0.352 e. The first-order valence-electron chi connectivity index (χ1n) is 8.55. The average molecular weight is 354 g/mol. The maximum atomic E-state index is 11.4. The van der Waals surface area contributed by atoms with E-state index in [9.17, 15) is 10.1 Å². The van der Waals surface area contributed by atoms with Crippen LogP contribution in [-0.4, -0.2) is 80.6 Å². The second-order valence-corrected chi connectivity index (χ2v) is 6.08. The molecule has 1 N–H and O–H groups in total. The van der Waals surface area contributed by atoms with Crippen molar-refractivity contribution in [1.29, 1.82) is 0 Å². The molecule has 3 heterocycles. The molecule has 0 aliphatic carbocycles. The lowest BCUT2D eigenvalue weighted by atomic mass is 10.3. The number of anilines is 1. The number of ether oxygens (including phenoxy) is 3. The Bertz CT molecular complexity index is 602. The van der Waals surface area contributed by atoms with Gasteiger partial charge in [-0.2, -0.15) is 4.98 Å². The third kappa shape index (κ3) is 4.53. The molecular weight excluding hydrogens is 330 g/mol. The van der Waals surface area contributed by atoms with Gasteiger partial charge in [0.15, 0.2) is 0 Å². The molecule has 2 fully saturated rings. The highest BCUT2D eigenvalue weighted by atomic mass is 16.6. The first-order chi connectivity index (χ1) is 12.1. The summed E-state index contributed by atoms with van der Waals surface area (Å²) in [5.74, 6) is 0.506. The molecule has 1 aromatic rings. The smallest absolute Gasteiger partial charge is 0.352 e. The summed E-state index contributed by atoms with van der Waals surface area (Å²) >= 11 is 0. The van der Waals surface area contributed by atoms with Gasteiger partial charge in [-0.3, -0.25) is 10.1 Å². The Hall–Kier alpha value is -2.04. The quantitative estimate of drug-likeness (QED) is 0.503. The van der Waals surface area contributed by atoms with Crippen molar-refractivity contribution in [2.45, 2.75) is 6.92 Å². The number of nitrogens with one attached hydrogen (secondary N) is 1. The van der Waals surface area contributed by atoms with Crippen molar-refractivity contribution in [1.82, 2.24) is 9.97 Å². The molecule has 0 saturated carbocycles. The van der Waals surface area contributed by atoms with E-state index in [1.165, 1.54) is 4.90 Å². The van der Waals surface area contributed by atoms with Crippen LogP contribution in [0.4, 0.5) is 11.6 Å². The molecule has 0 unspecified atom stereocenters. The van der Waals surface area contributed by atoms with Crippen molar-refractivity contribution in [2.24, 2.45) is 0 Å². The number of nitro groups is 1. The van der Waals surface area contributed by atoms with Crippen molar-refractivity contribution in [3.05, 3.63) is 15.8 Å². The zero-order valence-electron chi connectivity index (χ0n) is 14.4. The zero-order chi connectivity index (χ0) is 17.6. The number of hydrogen-bond donors (Lipinski definition) is 1. The van der Waals surface area contributed by atoms with Crippen LogP contribution < -0.4 is 14.5 Å². The van der Waals surface area contributed by atoms with Gasteiger partial charge >= 0.3 is 5.69 Å². The van der Waals surface area contributed by atoms with E-state index < -0.39 is 4.92 Å². The Labute approximate surface area is 145 Å². The SMILES string of the molecule is Cc1nc(N2CCOCC2)nc(OCC[NH+]2CCOCC2)c1[N+](=O)[O-]. The lowest BCUT2D eigenvalue weighted by molar-refractivity contribution is -0.908. The molecular formula is C15H24N5O5+. The number of nitrogens with zero attached hydrogens (tertiary/aromatic N) is 4. The monoisotopic (exact) mass is 354 g/mol. The average Bonchev–Trinajstić information content (AvgIpc) is 2.62. The minimum Gasteiger partial charge on any atom is -0.467 e. The largest absolute Gasteiger partial charge is 0.467 e. The Kier molecular flexibility index (Phi) is 5.95. The predicted octanol–water partition coefficient (Wildman–Crippen LogP) is -1.18. The van der Waals surface area contributed by atoms with Crippen LogP contribution in [0.2, 0.25) is 0 Å². The van der Waals surface area contributed by atoms with Crippen LogP contribution in [0.1, 0.15) is 5.69 Å². The Morgan fingerprint density at radius 1 is 1.20 bits per heavy atom. The van der Waals surface area contributed by atoms with Crippen LogP contribution in [0.25, 0.3) is 0 Å². The minimum absolute atomic E-state index is 0.0478. The van der Waals surface area contributed by atoms with Crippen molar-refractivity contribution in [3.8, 4) is 5.88 Å². The first kappa shape index (κ1) is 17.8. The topological polar surface area (TPSA) is 104 Å². The summed E-state index contributed by atoms with van der Waals surface area (Å²) in [6, 6.07) is 0. The molecule has 3 rings (SSSR count). The highest BCUT2D eigenvalue weighted by molar-refractivity contribution is 5.49. The van der Waals surface area contributed by atoms with Gasteiger partial charge < -0.3 is 24.0 Å². The zero-order valence-corrected chi connectivity index (χ0v) is 14.4. The van der Waals surface area contributed by atoms with Crippen molar-refractivity contribution in [2.75, 3.05) is 70.7 Å². The molecule has 10 nitrogen and oxygen atoms in total. The lowest BCUT2D eigenvalue weighted by Gasteiger charge is -2.27. The van der Waals surface area contributed by atoms with Crippen LogP contribution in [0.15, 0.2) is 0 Å². The third-order valence-corrected chi connectivity index (χ3v) is 4.39. The highest BCUT2D eigenvalue weighted by Gasteiger charge is 2.26. The Balaban J connectivity index is 1.72. The summed E-state index contributed by atoms with van der Waals surface area (Å²) in [6.45, 7) is 8.58. The van der Waals surface area contributed by atoms with E-state index in [1.807, 2.05) is 4.90 Å². The van der Waals surface area contributed by atoms with E-state index in [-0.39, 0.29) is 11.6 Å². The molecule has 2 aliphatic rings. The van der Waals surface area contributed by atoms with Crippen LogP contribution in [0.5, 0.6) is 5.88 Å². The number of hydrogen-bond acceptors (Lipinski definition) is 8. The van der Waals surface area contributed by atoms with Crippen LogP contribution in [0, 0.1) is 17.0 Å². The summed E-state index contributed by atoms with van der Waals surface area (Å²) in [5, 5.41) is 11.4. The summed E-state index contributed by atoms with van der Waals surface area (Å²) in [4.78, 5) is 22.9. The van der Waals surface area contributed by atoms with Crippen molar-refractivity contribution in [3.63, 3.8) is 0 Å². The Morgan fingerprint density at radius 3 is 2.56 bits per heavy atom.